The minimum absolute atomic E-state index is 0.450. The van der Waals surface area contributed by atoms with Crippen LogP contribution in [0.4, 0.5) is 0 Å². The largest absolute Gasteiger partial charge is 0.416 e. The van der Waals surface area contributed by atoms with Crippen LogP contribution in [0.2, 0.25) is 0 Å². The molecule has 0 unspecified atom stereocenters. The van der Waals surface area contributed by atoms with Crippen molar-refractivity contribution in [3.05, 3.63) is 11.7 Å². The molecule has 0 bridgehead atoms. The lowest BCUT2D eigenvalue weighted by Gasteiger charge is -2.17. The monoisotopic (exact) mass is 322 g/mol. The minimum atomic E-state index is 0.450. The van der Waals surface area contributed by atoms with E-state index in [1.165, 1.54) is 43.9 Å². The van der Waals surface area contributed by atoms with Crippen molar-refractivity contribution in [3.8, 4) is 0 Å². The van der Waals surface area contributed by atoms with E-state index in [1.54, 1.807) is 0 Å². The summed E-state index contributed by atoms with van der Waals surface area (Å²) in [6.45, 7) is 3.01. The Morgan fingerprint density at radius 1 is 1.18 bits per heavy atom. The Hall–Kier alpha value is -1.44. The van der Waals surface area contributed by atoms with Gasteiger partial charge in [0.15, 0.2) is 5.82 Å². The molecule has 3 rings (SSSR count). The second kappa shape index (κ2) is 7.71. The van der Waals surface area contributed by atoms with E-state index >= 15 is 0 Å². The number of unbranched alkanes of at least 4 members (excludes halogenated alkanes) is 1. The first-order valence-electron chi connectivity index (χ1n) is 8.08. The first-order chi connectivity index (χ1) is 10.9. The maximum atomic E-state index is 5.81. The minimum Gasteiger partial charge on any atom is -0.416 e. The average Bonchev–Trinajstić information content (AvgIpc) is 3.21. The predicted octanol–water partition coefficient (Wildman–Crippen LogP) is 3.20. The van der Waals surface area contributed by atoms with E-state index in [1.807, 2.05) is 4.68 Å². The normalized spacial score (nSPS) is 16.2. The van der Waals surface area contributed by atoms with Crippen molar-refractivity contribution in [3.63, 3.8) is 0 Å². The third-order valence-electron chi connectivity index (χ3n) is 4.03. The Balaban J connectivity index is 1.55. The predicted molar refractivity (Wildman–Crippen MR) is 82.4 cm³/mol. The molecule has 0 spiro atoms. The van der Waals surface area contributed by atoms with Crippen LogP contribution in [0.5, 0.6) is 0 Å². The summed E-state index contributed by atoms with van der Waals surface area (Å²) in [6.07, 6.45) is 8.40. The van der Waals surface area contributed by atoms with Crippen LogP contribution in [0.3, 0.4) is 0 Å². The van der Waals surface area contributed by atoms with Gasteiger partial charge < -0.3 is 4.42 Å². The van der Waals surface area contributed by atoms with Crippen molar-refractivity contribution in [1.29, 1.82) is 0 Å². The maximum Gasteiger partial charge on any atom is 0.277 e. The molecule has 0 atom stereocenters. The van der Waals surface area contributed by atoms with Gasteiger partial charge in [0.1, 0.15) is 0 Å². The molecular formula is C14H22N6OS. The van der Waals surface area contributed by atoms with E-state index in [2.05, 4.69) is 32.6 Å². The van der Waals surface area contributed by atoms with Crippen molar-refractivity contribution >= 4 is 11.8 Å². The quantitative estimate of drug-likeness (QED) is 0.724. The maximum absolute atomic E-state index is 5.81. The number of hydrogen-bond acceptors (Lipinski definition) is 7. The van der Waals surface area contributed by atoms with Gasteiger partial charge in [-0.2, -0.15) is 0 Å². The van der Waals surface area contributed by atoms with Crippen LogP contribution in [-0.2, 0) is 12.3 Å². The second-order valence-electron chi connectivity index (χ2n) is 5.70. The lowest BCUT2D eigenvalue weighted by atomic mass is 9.89. The lowest BCUT2D eigenvalue weighted by molar-refractivity contribution is 0.334. The molecule has 22 heavy (non-hydrogen) atoms. The molecule has 7 nitrogen and oxygen atoms in total. The molecule has 0 radical (unpaired) electrons. The van der Waals surface area contributed by atoms with E-state index in [9.17, 15) is 0 Å². The number of hydrogen-bond donors (Lipinski definition) is 0. The molecule has 0 saturated heterocycles. The van der Waals surface area contributed by atoms with Crippen molar-refractivity contribution in [2.75, 3.05) is 0 Å². The summed E-state index contributed by atoms with van der Waals surface area (Å²) in [6, 6.07) is 0. The number of nitrogens with zero attached hydrogens (tertiary/aromatic N) is 6. The summed E-state index contributed by atoms with van der Waals surface area (Å²) in [5.41, 5.74) is 0. The highest BCUT2D eigenvalue weighted by Gasteiger charge is 2.21. The van der Waals surface area contributed by atoms with Crippen LogP contribution in [-0.4, -0.2) is 30.4 Å². The first kappa shape index (κ1) is 15.5. The van der Waals surface area contributed by atoms with E-state index < -0.39 is 0 Å². The topological polar surface area (TPSA) is 82.5 Å². The Morgan fingerprint density at radius 3 is 2.86 bits per heavy atom. The molecule has 1 aliphatic rings. The summed E-state index contributed by atoms with van der Waals surface area (Å²) in [4.78, 5) is 0. The van der Waals surface area contributed by atoms with Crippen LogP contribution in [0, 0.1) is 0 Å². The molecule has 2 aromatic rings. The van der Waals surface area contributed by atoms with Crippen molar-refractivity contribution in [2.24, 2.45) is 0 Å². The molecule has 0 aliphatic heterocycles. The van der Waals surface area contributed by atoms with Gasteiger partial charge in [0.2, 0.25) is 5.89 Å². The SMILES string of the molecule is CCCCn1nnnc1CSc1nnc(C2CCCCC2)o1. The summed E-state index contributed by atoms with van der Waals surface area (Å²) >= 11 is 1.51. The van der Waals surface area contributed by atoms with Crippen molar-refractivity contribution in [2.45, 2.75) is 75.3 Å². The average molecular weight is 322 g/mol. The van der Waals surface area contributed by atoms with E-state index in [0.29, 0.717) is 16.9 Å². The highest BCUT2D eigenvalue weighted by atomic mass is 32.2. The van der Waals surface area contributed by atoms with Gasteiger partial charge in [-0.05, 0) is 29.7 Å². The molecule has 120 valence electrons. The van der Waals surface area contributed by atoms with Crippen LogP contribution in [0.25, 0.3) is 0 Å². The van der Waals surface area contributed by atoms with Crippen molar-refractivity contribution < 1.29 is 4.42 Å². The zero-order chi connectivity index (χ0) is 15.2. The van der Waals surface area contributed by atoms with Gasteiger partial charge in [-0.3, -0.25) is 0 Å². The number of aromatic nitrogens is 6. The first-order valence-corrected chi connectivity index (χ1v) is 9.06. The summed E-state index contributed by atoms with van der Waals surface area (Å²) < 4.78 is 7.66. The summed E-state index contributed by atoms with van der Waals surface area (Å²) in [5, 5.41) is 20.8. The van der Waals surface area contributed by atoms with Gasteiger partial charge in [-0.15, -0.1) is 15.3 Å². The molecule has 8 heteroatoms. The Labute approximate surface area is 134 Å². The molecular weight excluding hydrogens is 300 g/mol. The summed E-state index contributed by atoms with van der Waals surface area (Å²) in [5.74, 6) is 2.76. The number of tetrazole rings is 1. The highest BCUT2D eigenvalue weighted by molar-refractivity contribution is 7.98. The molecule has 1 fully saturated rings. The van der Waals surface area contributed by atoms with Gasteiger partial charge in [-0.1, -0.05) is 44.4 Å². The molecule has 1 aliphatic carbocycles. The Kier molecular flexibility index (Phi) is 5.42. The number of thioether (sulfide) groups is 1. The molecule has 0 N–H and O–H groups in total. The van der Waals surface area contributed by atoms with Crippen LogP contribution < -0.4 is 0 Å². The fourth-order valence-corrected chi connectivity index (χ4v) is 3.43. The molecule has 0 amide bonds. The molecule has 2 aromatic heterocycles. The van der Waals surface area contributed by atoms with Gasteiger partial charge in [0, 0.05) is 12.5 Å². The van der Waals surface area contributed by atoms with Crippen LogP contribution in [0.1, 0.15) is 69.5 Å². The fourth-order valence-electron chi connectivity index (χ4n) is 2.73. The zero-order valence-corrected chi connectivity index (χ0v) is 13.8. The smallest absolute Gasteiger partial charge is 0.277 e. The van der Waals surface area contributed by atoms with Crippen LogP contribution in [0.15, 0.2) is 9.64 Å². The summed E-state index contributed by atoms with van der Waals surface area (Å²) in [7, 11) is 0. The van der Waals surface area contributed by atoms with Gasteiger partial charge in [-0.25, -0.2) is 4.68 Å². The van der Waals surface area contributed by atoms with Gasteiger partial charge in [0.25, 0.3) is 5.22 Å². The Bertz CT molecular complexity index is 577. The van der Waals surface area contributed by atoms with E-state index in [4.69, 9.17) is 4.42 Å². The lowest BCUT2D eigenvalue weighted by Crippen LogP contribution is -2.05. The number of aryl methyl sites for hydroxylation is 1. The fraction of sp³-hybridized carbons (Fsp3) is 0.786. The van der Waals surface area contributed by atoms with E-state index in [-0.39, 0.29) is 0 Å². The van der Waals surface area contributed by atoms with E-state index in [0.717, 1.165) is 31.1 Å². The highest BCUT2D eigenvalue weighted by Crippen LogP contribution is 2.33. The van der Waals surface area contributed by atoms with Gasteiger partial charge in [0.05, 0.1) is 5.75 Å². The number of rotatable bonds is 7. The molecule has 1 saturated carbocycles. The zero-order valence-electron chi connectivity index (χ0n) is 12.9. The van der Waals surface area contributed by atoms with Gasteiger partial charge >= 0.3 is 0 Å². The standard InChI is InChI=1S/C14H22N6OS/c1-2-3-9-20-12(15-18-19-20)10-22-14-17-16-13(21-14)11-7-5-4-6-8-11/h11H,2-10H2,1H3. The Morgan fingerprint density at radius 2 is 2.05 bits per heavy atom. The van der Waals surface area contributed by atoms with Crippen LogP contribution >= 0.6 is 11.8 Å². The van der Waals surface area contributed by atoms with Crippen molar-refractivity contribution in [1.82, 2.24) is 30.4 Å². The second-order valence-corrected chi connectivity index (χ2v) is 6.63. The third kappa shape index (κ3) is 3.85. The third-order valence-corrected chi connectivity index (χ3v) is 4.85. The molecule has 2 heterocycles. The molecule has 0 aromatic carbocycles.